The number of primary amides is 1. The Morgan fingerprint density at radius 2 is 2.05 bits per heavy atom. The van der Waals surface area contributed by atoms with Gasteiger partial charge in [-0.15, -0.1) is 0 Å². The quantitative estimate of drug-likeness (QED) is 0.833. The smallest absolute Gasteiger partial charge is 0.248 e. The number of carbonyl (C=O) groups is 1. The Hall–Kier alpha value is -1.71. The number of hydrogen-bond donors (Lipinski definition) is 2. The van der Waals surface area contributed by atoms with Gasteiger partial charge in [-0.1, -0.05) is 13.8 Å². The van der Waals surface area contributed by atoms with Crippen molar-refractivity contribution in [2.45, 2.75) is 33.1 Å². The zero-order valence-corrected chi connectivity index (χ0v) is 12.4. The Morgan fingerprint density at radius 1 is 1.30 bits per heavy atom. The number of carbonyl (C=O) groups excluding carboxylic acids is 1. The lowest BCUT2D eigenvalue weighted by Gasteiger charge is -2.25. The lowest BCUT2D eigenvalue weighted by Crippen LogP contribution is -2.26. The largest absolute Gasteiger partial charge is 0.397 e. The van der Waals surface area contributed by atoms with E-state index < -0.39 is 5.91 Å². The Balaban J connectivity index is 2.19. The normalized spacial score (nSPS) is 19.9. The van der Waals surface area contributed by atoms with Crippen LogP contribution in [0.15, 0.2) is 18.2 Å². The van der Waals surface area contributed by atoms with Crippen LogP contribution in [0, 0.1) is 11.8 Å². The lowest BCUT2D eigenvalue weighted by molar-refractivity contribution is 0.100. The van der Waals surface area contributed by atoms with Crippen LogP contribution in [0.2, 0.25) is 0 Å². The van der Waals surface area contributed by atoms with Crippen molar-refractivity contribution in [1.29, 1.82) is 0 Å². The molecule has 0 aromatic heterocycles. The molecule has 0 radical (unpaired) electrons. The molecule has 1 heterocycles. The summed E-state index contributed by atoms with van der Waals surface area (Å²) >= 11 is 0. The molecule has 0 spiro atoms. The first-order valence-corrected chi connectivity index (χ1v) is 7.43. The van der Waals surface area contributed by atoms with Crippen LogP contribution in [-0.2, 0) is 0 Å². The van der Waals surface area contributed by atoms with E-state index in [4.69, 9.17) is 11.5 Å². The van der Waals surface area contributed by atoms with E-state index in [1.54, 1.807) is 12.1 Å². The molecular weight excluding hydrogens is 250 g/mol. The molecule has 4 heteroatoms. The van der Waals surface area contributed by atoms with Crippen LogP contribution < -0.4 is 16.4 Å². The first kappa shape index (κ1) is 14.7. The summed E-state index contributed by atoms with van der Waals surface area (Å²) in [5.74, 6) is 1.10. The third-order valence-corrected chi connectivity index (χ3v) is 4.37. The summed E-state index contributed by atoms with van der Waals surface area (Å²) in [6.07, 6.45) is 3.62. The predicted molar refractivity (Wildman–Crippen MR) is 83.8 cm³/mol. The van der Waals surface area contributed by atoms with Gasteiger partial charge in [0.25, 0.3) is 0 Å². The van der Waals surface area contributed by atoms with E-state index in [-0.39, 0.29) is 0 Å². The molecule has 2 rings (SSSR count). The minimum absolute atomic E-state index is 0.402. The second-order valence-electron chi connectivity index (χ2n) is 6.06. The maximum atomic E-state index is 11.3. The molecule has 0 aliphatic carbocycles. The predicted octanol–water partition coefficient (Wildman–Crippen LogP) is 2.63. The average Bonchev–Trinajstić information content (AvgIpc) is 2.64. The van der Waals surface area contributed by atoms with Gasteiger partial charge in [-0.2, -0.15) is 0 Å². The van der Waals surface area contributed by atoms with Gasteiger partial charge in [0.05, 0.1) is 11.4 Å². The molecule has 20 heavy (non-hydrogen) atoms. The van der Waals surface area contributed by atoms with Crippen molar-refractivity contribution in [2.24, 2.45) is 17.6 Å². The molecule has 0 bridgehead atoms. The Kier molecular flexibility index (Phi) is 4.53. The van der Waals surface area contributed by atoms with Crippen molar-refractivity contribution in [2.75, 3.05) is 23.7 Å². The third-order valence-electron chi connectivity index (χ3n) is 4.37. The Morgan fingerprint density at radius 3 is 2.70 bits per heavy atom. The van der Waals surface area contributed by atoms with Crippen LogP contribution in [0.3, 0.4) is 0 Å². The van der Waals surface area contributed by atoms with Crippen LogP contribution in [0.5, 0.6) is 0 Å². The molecule has 1 aliphatic rings. The molecule has 1 saturated heterocycles. The zero-order valence-electron chi connectivity index (χ0n) is 12.4. The standard InChI is InChI=1S/C16H25N3O/c1-11(2)12-4-3-8-19(9-7-12)15-10-13(16(18)20)5-6-14(15)17/h5-6,10-12H,3-4,7-9,17H2,1-2H3,(H2,18,20). The highest BCUT2D eigenvalue weighted by Gasteiger charge is 2.21. The van der Waals surface area contributed by atoms with E-state index >= 15 is 0 Å². The summed E-state index contributed by atoms with van der Waals surface area (Å²) in [6, 6.07) is 5.30. The summed E-state index contributed by atoms with van der Waals surface area (Å²) in [5, 5.41) is 0. The SMILES string of the molecule is CC(C)C1CCCN(c2cc(C(N)=O)ccc2N)CC1. The first-order chi connectivity index (χ1) is 9.49. The summed E-state index contributed by atoms with van der Waals surface area (Å²) in [7, 11) is 0. The summed E-state index contributed by atoms with van der Waals surface area (Å²) < 4.78 is 0. The molecule has 1 atom stereocenters. The zero-order chi connectivity index (χ0) is 14.7. The maximum Gasteiger partial charge on any atom is 0.248 e. The van der Waals surface area contributed by atoms with Crippen LogP contribution in [0.4, 0.5) is 11.4 Å². The molecule has 4 nitrogen and oxygen atoms in total. The topological polar surface area (TPSA) is 72.3 Å². The number of hydrogen-bond acceptors (Lipinski definition) is 3. The molecule has 110 valence electrons. The fourth-order valence-corrected chi connectivity index (χ4v) is 3.00. The van der Waals surface area contributed by atoms with Gasteiger partial charge in [0.15, 0.2) is 0 Å². The van der Waals surface area contributed by atoms with Gasteiger partial charge in [0.1, 0.15) is 0 Å². The fourth-order valence-electron chi connectivity index (χ4n) is 3.00. The molecule has 1 unspecified atom stereocenters. The highest BCUT2D eigenvalue weighted by Crippen LogP contribution is 2.30. The maximum absolute atomic E-state index is 11.3. The van der Waals surface area contributed by atoms with Crippen LogP contribution in [0.25, 0.3) is 0 Å². The fraction of sp³-hybridized carbons (Fsp3) is 0.562. The van der Waals surface area contributed by atoms with Gasteiger partial charge in [-0.25, -0.2) is 0 Å². The van der Waals surface area contributed by atoms with E-state index in [9.17, 15) is 4.79 Å². The van der Waals surface area contributed by atoms with Crippen molar-refractivity contribution >= 4 is 17.3 Å². The second-order valence-corrected chi connectivity index (χ2v) is 6.06. The number of rotatable bonds is 3. The minimum atomic E-state index is -0.402. The van der Waals surface area contributed by atoms with Gasteiger partial charge in [0.2, 0.25) is 5.91 Å². The summed E-state index contributed by atoms with van der Waals surface area (Å²) in [5.41, 5.74) is 13.6. The molecular formula is C16H25N3O. The van der Waals surface area contributed by atoms with Crippen molar-refractivity contribution < 1.29 is 4.79 Å². The molecule has 1 amide bonds. The van der Waals surface area contributed by atoms with Crippen molar-refractivity contribution in [1.82, 2.24) is 0 Å². The molecule has 1 aromatic rings. The van der Waals surface area contributed by atoms with E-state index in [1.165, 1.54) is 19.3 Å². The van der Waals surface area contributed by atoms with Gasteiger partial charge >= 0.3 is 0 Å². The van der Waals surface area contributed by atoms with Gasteiger partial charge in [-0.05, 0) is 49.3 Å². The number of nitrogens with zero attached hydrogens (tertiary/aromatic N) is 1. The third kappa shape index (κ3) is 3.24. The van der Waals surface area contributed by atoms with Crippen molar-refractivity contribution in [3.05, 3.63) is 23.8 Å². The van der Waals surface area contributed by atoms with E-state index in [1.807, 2.05) is 6.07 Å². The van der Waals surface area contributed by atoms with E-state index in [0.29, 0.717) is 5.56 Å². The molecule has 4 N–H and O–H groups in total. The minimum Gasteiger partial charge on any atom is -0.397 e. The Bertz CT molecular complexity index is 485. The van der Waals surface area contributed by atoms with E-state index in [2.05, 4.69) is 18.7 Å². The number of nitrogens with two attached hydrogens (primary N) is 2. The van der Waals surface area contributed by atoms with E-state index in [0.717, 1.165) is 36.3 Å². The van der Waals surface area contributed by atoms with Crippen LogP contribution >= 0.6 is 0 Å². The summed E-state index contributed by atoms with van der Waals surface area (Å²) in [6.45, 7) is 6.58. The summed E-state index contributed by atoms with van der Waals surface area (Å²) in [4.78, 5) is 13.6. The van der Waals surface area contributed by atoms with Crippen LogP contribution in [-0.4, -0.2) is 19.0 Å². The number of benzene rings is 1. The average molecular weight is 275 g/mol. The highest BCUT2D eigenvalue weighted by molar-refractivity contribution is 5.95. The van der Waals surface area contributed by atoms with Gasteiger partial charge in [-0.3, -0.25) is 4.79 Å². The molecule has 1 aromatic carbocycles. The van der Waals surface area contributed by atoms with Crippen molar-refractivity contribution in [3.63, 3.8) is 0 Å². The monoisotopic (exact) mass is 275 g/mol. The molecule has 1 fully saturated rings. The second kappa shape index (κ2) is 6.16. The Labute approximate surface area is 121 Å². The highest BCUT2D eigenvalue weighted by atomic mass is 16.1. The number of amides is 1. The first-order valence-electron chi connectivity index (χ1n) is 7.43. The van der Waals surface area contributed by atoms with Crippen molar-refractivity contribution in [3.8, 4) is 0 Å². The molecule has 1 aliphatic heterocycles. The number of nitrogen functional groups attached to an aromatic ring is 1. The van der Waals surface area contributed by atoms with Crippen LogP contribution in [0.1, 0.15) is 43.5 Å². The molecule has 0 saturated carbocycles. The van der Waals surface area contributed by atoms with Gasteiger partial charge in [0, 0.05) is 18.7 Å². The lowest BCUT2D eigenvalue weighted by atomic mass is 9.89. The number of anilines is 2. The van der Waals surface area contributed by atoms with Gasteiger partial charge < -0.3 is 16.4 Å².